The molecule has 0 amide bonds. The molecule has 0 aliphatic carbocycles. The smallest absolute Gasteiger partial charge is 0.340 e. The molecule has 0 fully saturated rings. The van der Waals surface area contributed by atoms with Gasteiger partial charge in [-0.3, -0.25) is 4.72 Å². The maximum atomic E-state index is 12.3. The van der Waals surface area contributed by atoms with Crippen molar-refractivity contribution in [2.24, 2.45) is 0 Å². The van der Waals surface area contributed by atoms with Gasteiger partial charge in [0.1, 0.15) is 26.6 Å². The fourth-order valence-electron chi connectivity index (χ4n) is 1.79. The molecular formula is C11H10BrN3O5S. The molecule has 2 aromatic rings. The summed E-state index contributed by atoms with van der Waals surface area (Å²) in [6.45, 7) is 2.76. The van der Waals surface area contributed by atoms with E-state index in [4.69, 9.17) is 9.52 Å². The normalized spacial score (nSPS) is 11.4. The van der Waals surface area contributed by atoms with E-state index in [1.807, 2.05) is 0 Å². The number of aromatic nitrogens is 2. The van der Waals surface area contributed by atoms with Crippen molar-refractivity contribution in [2.45, 2.75) is 18.7 Å². The molecule has 2 rings (SSSR count). The quantitative estimate of drug-likeness (QED) is 0.836. The van der Waals surface area contributed by atoms with Gasteiger partial charge in [0.2, 0.25) is 0 Å². The first-order valence-corrected chi connectivity index (χ1v) is 7.83. The summed E-state index contributed by atoms with van der Waals surface area (Å²) < 4.78 is 32.4. The summed E-state index contributed by atoms with van der Waals surface area (Å²) in [6, 6.07) is 0. The van der Waals surface area contributed by atoms with Gasteiger partial charge in [-0.2, -0.15) is 0 Å². The number of hydrogen-bond donors (Lipinski definition) is 2. The Kier molecular flexibility index (Phi) is 4.01. The van der Waals surface area contributed by atoms with Crippen molar-refractivity contribution < 1.29 is 22.7 Å². The highest BCUT2D eigenvalue weighted by atomic mass is 79.9. The van der Waals surface area contributed by atoms with Crippen LogP contribution in [0, 0.1) is 13.8 Å². The zero-order valence-corrected chi connectivity index (χ0v) is 13.3. The zero-order chi connectivity index (χ0) is 15.8. The van der Waals surface area contributed by atoms with E-state index in [0.717, 1.165) is 0 Å². The van der Waals surface area contributed by atoms with E-state index in [-0.39, 0.29) is 17.3 Å². The average molecular weight is 376 g/mol. The monoisotopic (exact) mass is 375 g/mol. The molecule has 112 valence electrons. The van der Waals surface area contributed by atoms with Gasteiger partial charge in [-0.25, -0.2) is 23.2 Å². The van der Waals surface area contributed by atoms with Crippen LogP contribution in [0.25, 0.3) is 0 Å². The van der Waals surface area contributed by atoms with E-state index >= 15 is 0 Å². The molecule has 0 aliphatic rings. The molecule has 0 aliphatic heterocycles. The van der Waals surface area contributed by atoms with Crippen molar-refractivity contribution in [3.63, 3.8) is 0 Å². The van der Waals surface area contributed by atoms with Crippen molar-refractivity contribution in [1.82, 2.24) is 9.97 Å². The third kappa shape index (κ3) is 3.05. The molecule has 8 nitrogen and oxygen atoms in total. The fraction of sp³-hybridized carbons (Fsp3) is 0.182. The molecule has 0 radical (unpaired) electrons. The third-order valence-corrected chi connectivity index (χ3v) is 4.46. The molecule has 0 spiro atoms. The molecular weight excluding hydrogens is 366 g/mol. The van der Waals surface area contributed by atoms with Crippen molar-refractivity contribution in [3.8, 4) is 0 Å². The lowest BCUT2D eigenvalue weighted by Crippen LogP contribution is -2.17. The molecule has 2 heterocycles. The van der Waals surface area contributed by atoms with Crippen LogP contribution in [0.2, 0.25) is 0 Å². The maximum absolute atomic E-state index is 12.3. The van der Waals surface area contributed by atoms with Crippen LogP contribution in [-0.4, -0.2) is 29.5 Å². The van der Waals surface area contributed by atoms with Gasteiger partial charge in [0.05, 0.1) is 12.4 Å². The number of furan rings is 1. The molecule has 0 unspecified atom stereocenters. The lowest BCUT2D eigenvalue weighted by atomic mass is 10.2. The molecule has 2 aromatic heterocycles. The Hall–Kier alpha value is -1.94. The summed E-state index contributed by atoms with van der Waals surface area (Å²) in [5.74, 6) is -1.41. The van der Waals surface area contributed by atoms with Gasteiger partial charge in [-0.1, -0.05) is 0 Å². The highest BCUT2D eigenvalue weighted by molar-refractivity contribution is 9.10. The second-order valence-electron chi connectivity index (χ2n) is 4.05. The summed E-state index contributed by atoms with van der Waals surface area (Å²) >= 11 is 3.07. The van der Waals surface area contributed by atoms with Crippen LogP contribution in [0.1, 0.15) is 21.9 Å². The van der Waals surface area contributed by atoms with Gasteiger partial charge in [0.25, 0.3) is 10.0 Å². The Morgan fingerprint density at radius 3 is 2.48 bits per heavy atom. The van der Waals surface area contributed by atoms with Crippen molar-refractivity contribution >= 4 is 37.7 Å². The number of anilines is 1. The topological polar surface area (TPSA) is 122 Å². The lowest BCUT2D eigenvalue weighted by Gasteiger charge is -2.07. The standard InChI is InChI=1S/C11H10BrN3O5S/c1-5-9(11(16)17)10(6(2)20-5)21(18,19)15-8-4-13-7(12)3-14-8/h3-4H,1-2H3,(H,14,15)(H,16,17). The highest BCUT2D eigenvalue weighted by Gasteiger charge is 2.31. The lowest BCUT2D eigenvalue weighted by molar-refractivity contribution is 0.0691. The van der Waals surface area contributed by atoms with Crippen molar-refractivity contribution in [1.29, 1.82) is 0 Å². The average Bonchev–Trinajstić information content (AvgIpc) is 2.67. The van der Waals surface area contributed by atoms with E-state index < -0.39 is 26.5 Å². The number of carboxylic acid groups (broad SMARTS) is 1. The van der Waals surface area contributed by atoms with E-state index in [0.29, 0.717) is 4.60 Å². The molecule has 10 heteroatoms. The van der Waals surface area contributed by atoms with Gasteiger partial charge < -0.3 is 9.52 Å². The molecule has 0 saturated heterocycles. The Labute approximate surface area is 128 Å². The molecule has 0 bridgehead atoms. The SMILES string of the molecule is Cc1oc(C)c(S(=O)(=O)Nc2cnc(Br)cn2)c1C(=O)O. The van der Waals surface area contributed by atoms with Gasteiger partial charge >= 0.3 is 5.97 Å². The summed E-state index contributed by atoms with van der Waals surface area (Å²) in [7, 11) is -4.15. The number of rotatable bonds is 4. The van der Waals surface area contributed by atoms with Crippen LogP contribution < -0.4 is 4.72 Å². The second-order valence-corrected chi connectivity index (χ2v) is 6.49. The number of nitrogens with one attached hydrogen (secondary N) is 1. The number of nitrogens with zero attached hydrogens (tertiary/aromatic N) is 2. The Morgan fingerprint density at radius 2 is 1.95 bits per heavy atom. The minimum atomic E-state index is -4.15. The van der Waals surface area contributed by atoms with Crippen LogP contribution in [0.15, 0.2) is 26.3 Å². The minimum Gasteiger partial charge on any atom is -0.478 e. The molecule has 0 atom stereocenters. The van der Waals surface area contributed by atoms with Crippen molar-refractivity contribution in [3.05, 3.63) is 34.1 Å². The Morgan fingerprint density at radius 1 is 1.29 bits per heavy atom. The number of hydrogen-bond acceptors (Lipinski definition) is 6. The van der Waals surface area contributed by atoms with Crippen LogP contribution in [-0.2, 0) is 10.0 Å². The second kappa shape index (κ2) is 5.45. The van der Waals surface area contributed by atoms with Gasteiger partial charge in [-0.15, -0.1) is 0 Å². The van der Waals surface area contributed by atoms with E-state index in [9.17, 15) is 13.2 Å². The number of aromatic carboxylic acids is 1. The first kappa shape index (κ1) is 15.4. The summed E-state index contributed by atoms with van der Waals surface area (Å²) in [4.78, 5) is 18.4. The summed E-state index contributed by atoms with van der Waals surface area (Å²) in [5, 5.41) is 9.14. The van der Waals surface area contributed by atoms with E-state index in [1.165, 1.54) is 26.2 Å². The minimum absolute atomic E-state index is 0.0116. The van der Waals surface area contributed by atoms with Crippen LogP contribution in [0.5, 0.6) is 0 Å². The summed E-state index contributed by atoms with van der Waals surface area (Å²) in [5.41, 5.74) is -0.398. The summed E-state index contributed by atoms with van der Waals surface area (Å²) in [6.07, 6.45) is 2.51. The Bertz CT molecular complexity index is 798. The number of carboxylic acids is 1. The Balaban J connectivity index is 2.50. The van der Waals surface area contributed by atoms with Crippen LogP contribution in [0.4, 0.5) is 5.82 Å². The van der Waals surface area contributed by atoms with Crippen LogP contribution in [0.3, 0.4) is 0 Å². The number of carbonyl (C=O) groups is 1. The number of aryl methyl sites for hydroxylation is 2. The number of sulfonamides is 1. The van der Waals surface area contributed by atoms with Crippen molar-refractivity contribution in [2.75, 3.05) is 4.72 Å². The van der Waals surface area contributed by atoms with E-state index in [2.05, 4.69) is 30.6 Å². The number of halogens is 1. The first-order chi connectivity index (χ1) is 9.72. The molecule has 21 heavy (non-hydrogen) atoms. The van der Waals surface area contributed by atoms with Gasteiger partial charge in [0.15, 0.2) is 5.82 Å². The fourth-order valence-corrected chi connectivity index (χ4v) is 3.40. The molecule has 2 N–H and O–H groups in total. The predicted octanol–water partition coefficient (Wildman–Crippen LogP) is 1.95. The van der Waals surface area contributed by atoms with Gasteiger partial charge in [0, 0.05) is 0 Å². The highest BCUT2D eigenvalue weighted by Crippen LogP contribution is 2.28. The zero-order valence-electron chi connectivity index (χ0n) is 10.9. The van der Waals surface area contributed by atoms with Gasteiger partial charge in [-0.05, 0) is 29.8 Å². The molecule has 0 aromatic carbocycles. The van der Waals surface area contributed by atoms with E-state index in [1.54, 1.807) is 0 Å². The first-order valence-electron chi connectivity index (χ1n) is 5.56. The largest absolute Gasteiger partial charge is 0.478 e. The predicted molar refractivity (Wildman–Crippen MR) is 75.7 cm³/mol. The van der Waals surface area contributed by atoms with Crippen LogP contribution >= 0.6 is 15.9 Å². The maximum Gasteiger partial charge on any atom is 0.340 e. The molecule has 0 saturated carbocycles. The third-order valence-electron chi connectivity index (χ3n) is 2.55.